The van der Waals surface area contributed by atoms with Gasteiger partial charge in [-0.15, -0.1) is 0 Å². The molecule has 2 aliphatic rings. The van der Waals surface area contributed by atoms with E-state index in [-0.39, 0.29) is 25.5 Å². The number of nitrogens with zero attached hydrogens (tertiary/aromatic N) is 2. The van der Waals surface area contributed by atoms with Crippen molar-refractivity contribution < 1.29 is 33.3 Å². The van der Waals surface area contributed by atoms with E-state index in [1.54, 1.807) is 6.20 Å². The van der Waals surface area contributed by atoms with Gasteiger partial charge in [-0.25, -0.2) is 14.3 Å². The number of rotatable bonds is 8. The van der Waals surface area contributed by atoms with Crippen LogP contribution in [0.25, 0.3) is 0 Å². The van der Waals surface area contributed by atoms with Crippen LogP contribution in [-0.2, 0) is 28.8 Å². The Balaban J connectivity index is 1.34. The van der Waals surface area contributed by atoms with Crippen LogP contribution < -0.4 is 24.3 Å². The second-order valence-corrected chi connectivity index (χ2v) is 8.76. The number of nitrogens with one attached hydrogen (secondary N) is 1. The fraction of sp³-hybridized carbons (Fsp3) is 0.346. The zero-order chi connectivity index (χ0) is 25.1. The molecule has 0 bridgehead atoms. The van der Waals surface area contributed by atoms with E-state index in [1.165, 1.54) is 18.0 Å². The quantitative estimate of drug-likeness (QED) is 0.510. The number of methoxy groups -OCH3 is 1. The molecule has 1 amide bonds. The van der Waals surface area contributed by atoms with Crippen molar-refractivity contribution >= 4 is 12.0 Å². The smallest absolute Gasteiger partial charge is 0.418 e. The highest BCUT2D eigenvalue weighted by Gasteiger charge is 2.28. The van der Waals surface area contributed by atoms with Crippen molar-refractivity contribution in [2.24, 2.45) is 5.92 Å². The second-order valence-electron chi connectivity index (χ2n) is 8.76. The standard InChI is InChI=1S/C26H27N3O7/c1-16(9-20-12-29(13-27-20)26(31)32-2)28-25(30)19(10-17-5-3-7-21-23(17)35-14-33-21)11-18-6-4-8-22-24(18)36-15-34-22/h3-8,12-13,16,19H,9-11,14-15H2,1-2H3,(H,28,30)/t16-/m1/s1. The van der Waals surface area contributed by atoms with E-state index >= 15 is 0 Å². The Labute approximate surface area is 208 Å². The number of amides is 1. The minimum atomic E-state index is -0.520. The second kappa shape index (κ2) is 10.2. The van der Waals surface area contributed by atoms with Gasteiger partial charge < -0.3 is 29.0 Å². The molecule has 0 spiro atoms. The molecule has 3 aromatic rings. The van der Waals surface area contributed by atoms with Crippen LogP contribution in [0.4, 0.5) is 4.79 Å². The van der Waals surface area contributed by atoms with Crippen molar-refractivity contribution in [3.05, 3.63) is 65.7 Å². The lowest BCUT2D eigenvalue weighted by Crippen LogP contribution is -2.40. The minimum absolute atomic E-state index is 0.108. The molecule has 2 aromatic carbocycles. The summed E-state index contributed by atoms with van der Waals surface area (Å²) in [5, 5.41) is 3.11. The first-order chi connectivity index (χ1) is 17.5. The van der Waals surface area contributed by atoms with Crippen LogP contribution in [0.2, 0.25) is 0 Å². The number of para-hydroxylation sites is 2. The number of carbonyl (C=O) groups excluding carboxylic acids is 2. The Kier molecular flexibility index (Phi) is 6.66. The molecule has 0 saturated heterocycles. The Morgan fingerprint density at radius 1 is 0.972 bits per heavy atom. The lowest BCUT2D eigenvalue weighted by Gasteiger charge is -2.21. The van der Waals surface area contributed by atoms with E-state index in [0.717, 1.165) is 11.1 Å². The average Bonchev–Trinajstić information content (AvgIpc) is 3.64. The van der Waals surface area contributed by atoms with Gasteiger partial charge in [0.15, 0.2) is 23.0 Å². The summed E-state index contributed by atoms with van der Waals surface area (Å²) in [4.78, 5) is 29.5. The van der Waals surface area contributed by atoms with E-state index in [9.17, 15) is 9.59 Å². The molecule has 0 aliphatic carbocycles. The molecule has 5 rings (SSSR count). The Hall–Kier alpha value is -4.21. The molecule has 2 aliphatic heterocycles. The van der Waals surface area contributed by atoms with E-state index < -0.39 is 12.0 Å². The Bertz CT molecular complexity index is 1210. The molecule has 10 heteroatoms. The molecule has 1 aromatic heterocycles. The summed E-state index contributed by atoms with van der Waals surface area (Å²) in [6, 6.07) is 11.2. The van der Waals surface area contributed by atoms with Crippen molar-refractivity contribution in [2.75, 3.05) is 20.7 Å². The molecule has 0 radical (unpaired) electrons. The Morgan fingerprint density at radius 2 is 1.58 bits per heavy atom. The SMILES string of the molecule is COC(=O)n1cnc(C[C@@H](C)NC(=O)C(Cc2cccc3c2OCO3)Cc2cccc3c2OCO3)c1. The van der Waals surface area contributed by atoms with Crippen LogP contribution >= 0.6 is 0 Å². The molecule has 0 unspecified atom stereocenters. The summed E-state index contributed by atoms with van der Waals surface area (Å²) in [5.74, 6) is 2.19. The number of carbonyl (C=O) groups is 2. The fourth-order valence-electron chi connectivity index (χ4n) is 4.49. The molecule has 0 saturated carbocycles. The zero-order valence-corrected chi connectivity index (χ0v) is 20.1. The molecular weight excluding hydrogens is 466 g/mol. The van der Waals surface area contributed by atoms with Gasteiger partial charge in [0.05, 0.1) is 12.8 Å². The normalized spacial score (nSPS) is 14.1. The van der Waals surface area contributed by atoms with Gasteiger partial charge in [0.1, 0.15) is 6.33 Å². The van der Waals surface area contributed by atoms with Gasteiger partial charge in [-0.2, -0.15) is 0 Å². The zero-order valence-electron chi connectivity index (χ0n) is 20.1. The third-order valence-electron chi connectivity index (χ3n) is 6.19. The van der Waals surface area contributed by atoms with Gasteiger partial charge in [-0.05, 0) is 43.0 Å². The van der Waals surface area contributed by atoms with Crippen LogP contribution in [0.5, 0.6) is 23.0 Å². The van der Waals surface area contributed by atoms with Crippen molar-refractivity contribution in [1.82, 2.24) is 14.9 Å². The molecule has 188 valence electrons. The fourth-order valence-corrected chi connectivity index (χ4v) is 4.49. The maximum Gasteiger partial charge on any atom is 0.418 e. The molecule has 3 heterocycles. The summed E-state index contributed by atoms with van der Waals surface area (Å²) >= 11 is 0. The third kappa shape index (κ3) is 4.93. The van der Waals surface area contributed by atoms with Gasteiger partial charge in [-0.3, -0.25) is 4.79 Å². The number of benzene rings is 2. The number of hydrogen-bond donors (Lipinski definition) is 1. The summed E-state index contributed by atoms with van der Waals surface area (Å²) in [6.07, 6.45) is 3.83. The topological polar surface area (TPSA) is 110 Å². The highest BCUT2D eigenvalue weighted by Crippen LogP contribution is 2.39. The lowest BCUT2D eigenvalue weighted by molar-refractivity contribution is -0.125. The highest BCUT2D eigenvalue weighted by atomic mass is 16.7. The molecular formula is C26H27N3O7. The maximum atomic E-state index is 13.6. The van der Waals surface area contributed by atoms with Crippen molar-refractivity contribution in [2.45, 2.75) is 32.2 Å². The third-order valence-corrected chi connectivity index (χ3v) is 6.19. The van der Waals surface area contributed by atoms with Crippen molar-refractivity contribution in [1.29, 1.82) is 0 Å². The van der Waals surface area contributed by atoms with Gasteiger partial charge in [0.25, 0.3) is 0 Å². The van der Waals surface area contributed by atoms with Crippen LogP contribution in [0.3, 0.4) is 0 Å². The monoisotopic (exact) mass is 493 g/mol. The van der Waals surface area contributed by atoms with Crippen LogP contribution in [-0.4, -0.2) is 48.3 Å². The van der Waals surface area contributed by atoms with Crippen LogP contribution in [0.15, 0.2) is 48.9 Å². The van der Waals surface area contributed by atoms with E-state index in [0.29, 0.717) is 48.0 Å². The summed E-state index contributed by atoms with van der Waals surface area (Å²) < 4.78 is 28.4. The van der Waals surface area contributed by atoms with Gasteiger partial charge in [0.2, 0.25) is 19.5 Å². The number of imidazole rings is 1. The molecule has 0 fully saturated rings. The van der Waals surface area contributed by atoms with Gasteiger partial charge >= 0.3 is 6.09 Å². The number of aromatic nitrogens is 2. The predicted molar refractivity (Wildman–Crippen MR) is 127 cm³/mol. The summed E-state index contributed by atoms with van der Waals surface area (Å²) in [5.41, 5.74) is 2.47. The Morgan fingerprint density at radius 3 is 2.17 bits per heavy atom. The van der Waals surface area contributed by atoms with Crippen LogP contribution in [0.1, 0.15) is 23.7 Å². The number of fused-ring (bicyclic) bond motifs is 2. The molecule has 10 nitrogen and oxygen atoms in total. The van der Waals surface area contributed by atoms with Crippen molar-refractivity contribution in [3.63, 3.8) is 0 Å². The lowest BCUT2D eigenvalue weighted by atomic mass is 9.90. The first-order valence-electron chi connectivity index (χ1n) is 11.7. The number of ether oxygens (including phenoxy) is 5. The highest BCUT2D eigenvalue weighted by molar-refractivity contribution is 5.80. The summed E-state index contributed by atoms with van der Waals surface area (Å²) in [6.45, 7) is 2.23. The number of hydrogen-bond acceptors (Lipinski definition) is 8. The van der Waals surface area contributed by atoms with E-state index in [4.69, 9.17) is 23.7 Å². The van der Waals surface area contributed by atoms with E-state index in [1.807, 2.05) is 43.3 Å². The largest absolute Gasteiger partial charge is 0.454 e. The first-order valence-corrected chi connectivity index (χ1v) is 11.7. The van der Waals surface area contributed by atoms with Crippen LogP contribution in [0, 0.1) is 5.92 Å². The molecule has 36 heavy (non-hydrogen) atoms. The molecule has 1 atom stereocenters. The minimum Gasteiger partial charge on any atom is -0.454 e. The van der Waals surface area contributed by atoms with Crippen molar-refractivity contribution in [3.8, 4) is 23.0 Å². The predicted octanol–water partition coefficient (Wildman–Crippen LogP) is 3.10. The summed E-state index contributed by atoms with van der Waals surface area (Å²) in [7, 11) is 1.31. The van der Waals surface area contributed by atoms with E-state index in [2.05, 4.69) is 10.3 Å². The molecule has 1 N–H and O–H groups in total. The average molecular weight is 494 g/mol. The van der Waals surface area contributed by atoms with Gasteiger partial charge in [-0.1, -0.05) is 24.3 Å². The maximum absolute atomic E-state index is 13.6. The first kappa shape index (κ1) is 23.5. The van der Waals surface area contributed by atoms with Gasteiger partial charge in [0, 0.05) is 24.6 Å².